The van der Waals surface area contributed by atoms with Crippen LogP contribution in [0, 0.1) is 0 Å². The van der Waals surface area contributed by atoms with Crippen LogP contribution in [0.1, 0.15) is 28.8 Å². The van der Waals surface area contributed by atoms with Gasteiger partial charge in [0.25, 0.3) is 5.56 Å². The van der Waals surface area contributed by atoms with E-state index in [0.717, 1.165) is 24.3 Å². The summed E-state index contributed by atoms with van der Waals surface area (Å²) in [6.45, 7) is 0.526. The first kappa shape index (κ1) is 14.3. The number of H-pyrrole nitrogens is 2. The van der Waals surface area contributed by atoms with E-state index in [1.165, 1.54) is 11.1 Å². The Morgan fingerprint density at radius 1 is 1.22 bits per heavy atom. The van der Waals surface area contributed by atoms with E-state index in [2.05, 4.69) is 20.9 Å². The molecule has 6 nitrogen and oxygen atoms in total. The molecule has 1 aliphatic heterocycles. The van der Waals surface area contributed by atoms with Gasteiger partial charge in [-0.25, -0.2) is 4.79 Å². The van der Waals surface area contributed by atoms with Crippen molar-refractivity contribution in [3.8, 4) is 5.75 Å². The number of hydrogen-bond acceptors (Lipinski definition) is 4. The van der Waals surface area contributed by atoms with E-state index in [0.29, 0.717) is 18.5 Å². The number of methoxy groups -OCH3 is 1. The Kier molecular flexibility index (Phi) is 2.99. The summed E-state index contributed by atoms with van der Waals surface area (Å²) < 4.78 is 5.50. The minimum absolute atomic E-state index is 0.187. The van der Waals surface area contributed by atoms with Gasteiger partial charge in [0, 0.05) is 18.7 Å². The second kappa shape index (κ2) is 4.83. The molecule has 0 amide bonds. The quantitative estimate of drug-likeness (QED) is 0.820. The minimum Gasteiger partial charge on any atom is -0.496 e. The fourth-order valence-electron chi connectivity index (χ4n) is 4.19. The van der Waals surface area contributed by atoms with Crippen LogP contribution in [-0.4, -0.2) is 29.0 Å². The van der Waals surface area contributed by atoms with E-state index in [1.54, 1.807) is 7.11 Å². The highest BCUT2D eigenvalue weighted by atomic mass is 16.5. The highest BCUT2D eigenvalue weighted by molar-refractivity contribution is 5.49. The van der Waals surface area contributed by atoms with Crippen LogP contribution in [0.25, 0.3) is 0 Å². The molecule has 4 rings (SSSR count). The molecule has 0 fully saturated rings. The maximum atomic E-state index is 12.1. The van der Waals surface area contributed by atoms with Crippen LogP contribution in [-0.2, 0) is 24.9 Å². The Morgan fingerprint density at radius 2 is 2.04 bits per heavy atom. The van der Waals surface area contributed by atoms with Crippen LogP contribution in [0.3, 0.4) is 0 Å². The lowest BCUT2D eigenvalue weighted by molar-refractivity contribution is 0.0921. The predicted molar refractivity (Wildman–Crippen MR) is 85.8 cm³/mol. The number of ether oxygens (including phenoxy) is 1. The highest BCUT2D eigenvalue weighted by Gasteiger charge is 2.46. The Balaban J connectivity index is 1.89. The maximum Gasteiger partial charge on any atom is 0.325 e. The van der Waals surface area contributed by atoms with E-state index < -0.39 is 5.69 Å². The first-order valence-electron chi connectivity index (χ1n) is 7.77. The van der Waals surface area contributed by atoms with E-state index in [1.807, 2.05) is 19.2 Å². The summed E-state index contributed by atoms with van der Waals surface area (Å²) in [5.74, 6) is 0.915. The van der Waals surface area contributed by atoms with Gasteiger partial charge in [-0.1, -0.05) is 12.1 Å². The number of rotatable bonds is 1. The molecule has 1 aromatic carbocycles. The summed E-state index contributed by atoms with van der Waals surface area (Å²) in [6.07, 6.45) is 2.53. The van der Waals surface area contributed by atoms with Crippen molar-refractivity contribution in [2.24, 2.45) is 0 Å². The van der Waals surface area contributed by atoms with Crippen LogP contribution in [0.15, 0.2) is 27.8 Å². The summed E-state index contributed by atoms with van der Waals surface area (Å²) in [7, 11) is 3.74. The molecule has 120 valence electrons. The first-order chi connectivity index (χ1) is 11.0. The van der Waals surface area contributed by atoms with Gasteiger partial charge >= 0.3 is 5.69 Å². The Bertz CT molecular complexity index is 899. The topological polar surface area (TPSA) is 78.2 Å². The third-order valence-electron chi connectivity index (χ3n) is 5.37. The summed E-state index contributed by atoms with van der Waals surface area (Å²) >= 11 is 0. The Hall–Kier alpha value is -2.34. The molecule has 1 spiro atoms. The van der Waals surface area contributed by atoms with Crippen LogP contribution in [0.2, 0.25) is 0 Å². The van der Waals surface area contributed by atoms with Gasteiger partial charge in [0.2, 0.25) is 0 Å². The predicted octanol–water partition coefficient (Wildman–Crippen LogP) is 0.901. The molecule has 23 heavy (non-hydrogen) atoms. The third-order valence-corrected chi connectivity index (χ3v) is 5.37. The summed E-state index contributed by atoms with van der Waals surface area (Å²) in [4.78, 5) is 31.1. The van der Waals surface area contributed by atoms with Gasteiger partial charge < -0.3 is 9.72 Å². The lowest BCUT2D eigenvalue weighted by Crippen LogP contribution is -2.49. The molecule has 1 unspecified atom stereocenters. The van der Waals surface area contributed by atoms with Gasteiger partial charge in [-0.2, -0.15) is 0 Å². The van der Waals surface area contributed by atoms with Gasteiger partial charge in [0.1, 0.15) is 5.75 Å². The number of benzene rings is 1. The Morgan fingerprint density at radius 3 is 2.83 bits per heavy atom. The number of fused-ring (bicyclic) bond motifs is 3. The van der Waals surface area contributed by atoms with Crippen LogP contribution >= 0.6 is 0 Å². The van der Waals surface area contributed by atoms with Gasteiger partial charge in [-0.15, -0.1) is 0 Å². The standard InChI is InChI=1S/C17H19N3O3/c1-20-9-11-13(18-16(22)19-15(11)21)8-17(20)7-6-10-12(17)4-3-5-14(10)23-2/h3-5H,6-9H2,1-2H3,(H2,18,19,21,22). The van der Waals surface area contributed by atoms with Gasteiger partial charge in [0.05, 0.1) is 18.2 Å². The molecule has 0 bridgehead atoms. The molecule has 2 aliphatic rings. The number of aromatic amines is 2. The van der Waals surface area contributed by atoms with Crippen molar-refractivity contribution in [1.82, 2.24) is 14.9 Å². The van der Waals surface area contributed by atoms with Crippen LogP contribution < -0.4 is 16.0 Å². The normalized spacial score (nSPS) is 22.9. The molecule has 1 atom stereocenters. The monoisotopic (exact) mass is 313 g/mol. The zero-order valence-electron chi connectivity index (χ0n) is 13.2. The summed E-state index contributed by atoms with van der Waals surface area (Å²) in [5, 5.41) is 0. The number of nitrogens with one attached hydrogen (secondary N) is 2. The molecule has 0 saturated carbocycles. The van der Waals surface area contributed by atoms with Crippen molar-refractivity contribution in [2.45, 2.75) is 31.3 Å². The smallest absolute Gasteiger partial charge is 0.325 e. The SMILES string of the molecule is COc1cccc2c1CCC21Cc2[nH]c(=O)[nH]c(=O)c2CN1C. The molecular formula is C17H19N3O3. The zero-order chi connectivity index (χ0) is 16.2. The second-order valence-corrected chi connectivity index (χ2v) is 6.42. The van der Waals surface area contributed by atoms with E-state index >= 15 is 0 Å². The molecule has 0 saturated heterocycles. The molecule has 2 heterocycles. The number of hydrogen-bond donors (Lipinski definition) is 2. The van der Waals surface area contributed by atoms with Gasteiger partial charge in [-0.3, -0.25) is 14.7 Å². The molecular weight excluding hydrogens is 294 g/mol. The molecule has 2 aromatic rings. The van der Waals surface area contributed by atoms with Crippen molar-refractivity contribution in [1.29, 1.82) is 0 Å². The van der Waals surface area contributed by atoms with Crippen LogP contribution in [0.4, 0.5) is 0 Å². The van der Waals surface area contributed by atoms with E-state index in [9.17, 15) is 9.59 Å². The van der Waals surface area contributed by atoms with Crippen molar-refractivity contribution in [3.05, 3.63) is 61.4 Å². The van der Waals surface area contributed by atoms with Crippen molar-refractivity contribution >= 4 is 0 Å². The summed E-state index contributed by atoms with van der Waals surface area (Å²) in [6, 6.07) is 6.13. The summed E-state index contributed by atoms with van der Waals surface area (Å²) in [5.41, 5.74) is 2.99. The average molecular weight is 313 g/mol. The zero-order valence-corrected chi connectivity index (χ0v) is 13.2. The molecule has 1 aromatic heterocycles. The molecule has 0 radical (unpaired) electrons. The first-order valence-corrected chi connectivity index (χ1v) is 7.77. The molecule has 1 aliphatic carbocycles. The maximum absolute atomic E-state index is 12.1. The average Bonchev–Trinajstić information content (AvgIpc) is 2.89. The van der Waals surface area contributed by atoms with Crippen molar-refractivity contribution in [3.63, 3.8) is 0 Å². The van der Waals surface area contributed by atoms with Gasteiger partial charge in [0.15, 0.2) is 0 Å². The highest BCUT2D eigenvalue weighted by Crippen LogP contribution is 2.48. The van der Waals surface area contributed by atoms with E-state index in [4.69, 9.17) is 4.74 Å². The van der Waals surface area contributed by atoms with Crippen LogP contribution in [0.5, 0.6) is 5.75 Å². The largest absolute Gasteiger partial charge is 0.496 e. The Labute approximate surface area is 133 Å². The second-order valence-electron chi connectivity index (χ2n) is 6.42. The number of likely N-dealkylation sites (N-methyl/N-ethyl adjacent to an activating group) is 1. The number of aromatic nitrogens is 2. The molecule has 6 heteroatoms. The van der Waals surface area contributed by atoms with E-state index in [-0.39, 0.29) is 11.1 Å². The fourth-order valence-corrected chi connectivity index (χ4v) is 4.19. The van der Waals surface area contributed by atoms with Crippen molar-refractivity contribution in [2.75, 3.05) is 14.2 Å². The lowest BCUT2D eigenvalue weighted by Gasteiger charge is -2.43. The fraction of sp³-hybridized carbons (Fsp3) is 0.412. The molecule has 2 N–H and O–H groups in total. The van der Waals surface area contributed by atoms with Gasteiger partial charge in [-0.05, 0) is 37.1 Å². The number of nitrogens with zero attached hydrogens (tertiary/aromatic N) is 1. The minimum atomic E-state index is -0.433. The third kappa shape index (κ3) is 1.91. The van der Waals surface area contributed by atoms with Crippen molar-refractivity contribution < 1.29 is 4.74 Å². The lowest BCUT2D eigenvalue weighted by atomic mass is 9.81.